The Morgan fingerprint density at radius 2 is 1.78 bits per heavy atom. The van der Waals surface area contributed by atoms with Crippen LogP contribution in [0.25, 0.3) is 10.8 Å². The molecule has 4 rings (SSSR count). The Hall–Kier alpha value is -1.63. The standard InChI is InChI=1S/C17H17N/c1-2-6-15-13(5-1)7-8-14-12-18-17(11-16(14)15)9-3-4-10-17/h1-2,5-8,12H,3-4,9-11H2/p+1. The van der Waals surface area contributed by atoms with E-state index in [-0.39, 0.29) is 0 Å². The van der Waals surface area contributed by atoms with E-state index in [1.54, 1.807) is 5.56 Å². The molecule has 1 heteroatoms. The summed E-state index contributed by atoms with van der Waals surface area (Å²) in [6.07, 6.45) is 8.84. The molecule has 1 saturated carbocycles. The average Bonchev–Trinajstić information content (AvgIpc) is 2.87. The molecule has 0 radical (unpaired) electrons. The van der Waals surface area contributed by atoms with Crippen molar-refractivity contribution in [1.82, 2.24) is 0 Å². The molecule has 2 aromatic carbocycles. The molecule has 2 aromatic rings. The van der Waals surface area contributed by atoms with E-state index < -0.39 is 0 Å². The highest BCUT2D eigenvalue weighted by molar-refractivity contribution is 5.93. The summed E-state index contributed by atoms with van der Waals surface area (Å²) in [5, 5.41) is 2.82. The zero-order valence-corrected chi connectivity index (χ0v) is 10.6. The Morgan fingerprint density at radius 1 is 0.944 bits per heavy atom. The molecule has 90 valence electrons. The van der Waals surface area contributed by atoms with Gasteiger partial charge in [0.25, 0.3) is 0 Å². The molecular weight excluding hydrogens is 218 g/mol. The number of nitrogens with one attached hydrogen (secondary N) is 1. The molecule has 0 saturated heterocycles. The zero-order chi connectivity index (χ0) is 12.0. The van der Waals surface area contributed by atoms with Gasteiger partial charge in [-0.15, -0.1) is 0 Å². The molecule has 0 unspecified atom stereocenters. The Labute approximate surface area is 108 Å². The first kappa shape index (κ1) is 10.3. The lowest BCUT2D eigenvalue weighted by molar-refractivity contribution is -0.549. The van der Waals surface area contributed by atoms with Gasteiger partial charge in [0, 0.05) is 24.8 Å². The van der Waals surface area contributed by atoms with Crippen LogP contribution in [0.2, 0.25) is 0 Å². The van der Waals surface area contributed by atoms with Gasteiger partial charge in [0.1, 0.15) is 0 Å². The van der Waals surface area contributed by atoms with Crippen LogP contribution in [-0.2, 0) is 6.42 Å². The third kappa shape index (κ3) is 1.43. The van der Waals surface area contributed by atoms with Crippen molar-refractivity contribution in [3.63, 3.8) is 0 Å². The fraction of sp³-hybridized carbons (Fsp3) is 0.353. The summed E-state index contributed by atoms with van der Waals surface area (Å²) >= 11 is 0. The maximum Gasteiger partial charge on any atom is 0.169 e. The van der Waals surface area contributed by atoms with E-state index >= 15 is 0 Å². The minimum Gasteiger partial charge on any atom is -0.242 e. The highest BCUT2D eigenvalue weighted by Gasteiger charge is 2.41. The summed E-state index contributed by atoms with van der Waals surface area (Å²) in [4.78, 5) is 3.69. The van der Waals surface area contributed by atoms with Crippen LogP contribution in [0, 0.1) is 0 Å². The van der Waals surface area contributed by atoms with Gasteiger partial charge in [-0.1, -0.05) is 30.3 Å². The minimum absolute atomic E-state index is 0.358. The lowest BCUT2D eigenvalue weighted by Gasteiger charge is -2.24. The van der Waals surface area contributed by atoms with Crippen molar-refractivity contribution >= 4 is 17.0 Å². The Morgan fingerprint density at radius 3 is 2.67 bits per heavy atom. The van der Waals surface area contributed by atoms with Gasteiger partial charge in [-0.2, -0.15) is 0 Å². The van der Waals surface area contributed by atoms with Crippen molar-refractivity contribution in [1.29, 1.82) is 0 Å². The van der Waals surface area contributed by atoms with Gasteiger partial charge < -0.3 is 0 Å². The van der Waals surface area contributed by atoms with Gasteiger partial charge in [-0.05, 0) is 35.2 Å². The molecule has 1 heterocycles. The zero-order valence-electron chi connectivity index (χ0n) is 10.6. The first-order chi connectivity index (χ1) is 8.86. The van der Waals surface area contributed by atoms with Crippen LogP contribution in [0.5, 0.6) is 0 Å². The SMILES string of the molecule is C1=[NH+]C2(CCCC2)Cc2c1ccc1ccccc21. The molecule has 2 aliphatic rings. The summed E-state index contributed by atoms with van der Waals surface area (Å²) in [6, 6.07) is 13.3. The molecule has 1 aliphatic heterocycles. The molecule has 0 bridgehead atoms. The van der Waals surface area contributed by atoms with E-state index in [1.807, 2.05) is 0 Å². The van der Waals surface area contributed by atoms with E-state index in [4.69, 9.17) is 0 Å². The van der Waals surface area contributed by atoms with Crippen molar-refractivity contribution in [3.8, 4) is 0 Å². The van der Waals surface area contributed by atoms with Crippen LogP contribution < -0.4 is 4.99 Å². The van der Waals surface area contributed by atoms with Gasteiger partial charge in [0.05, 0.1) is 0 Å². The van der Waals surface area contributed by atoms with Crippen molar-refractivity contribution in [2.75, 3.05) is 0 Å². The van der Waals surface area contributed by atoms with Crippen molar-refractivity contribution in [3.05, 3.63) is 47.5 Å². The van der Waals surface area contributed by atoms with Crippen LogP contribution in [-0.4, -0.2) is 11.8 Å². The van der Waals surface area contributed by atoms with Crippen molar-refractivity contribution in [2.45, 2.75) is 37.6 Å². The molecule has 0 amide bonds. The Bertz CT molecular complexity index is 633. The van der Waals surface area contributed by atoms with Gasteiger partial charge in [-0.25, -0.2) is 4.99 Å². The fourth-order valence-corrected chi connectivity index (χ4v) is 3.68. The Kier molecular flexibility index (Phi) is 2.11. The predicted molar refractivity (Wildman–Crippen MR) is 75.0 cm³/mol. The van der Waals surface area contributed by atoms with Crippen LogP contribution in [0.1, 0.15) is 36.8 Å². The second-order valence-electron chi connectivity index (χ2n) is 5.81. The van der Waals surface area contributed by atoms with Crippen LogP contribution in [0.4, 0.5) is 0 Å². The largest absolute Gasteiger partial charge is 0.242 e. The van der Waals surface area contributed by atoms with Gasteiger partial charge in [-0.3, -0.25) is 0 Å². The van der Waals surface area contributed by atoms with E-state index in [1.165, 1.54) is 48.4 Å². The maximum atomic E-state index is 3.69. The van der Waals surface area contributed by atoms with Gasteiger partial charge >= 0.3 is 0 Å². The first-order valence-electron chi connectivity index (χ1n) is 6.98. The fourth-order valence-electron chi connectivity index (χ4n) is 3.68. The van der Waals surface area contributed by atoms with E-state index in [2.05, 4.69) is 47.6 Å². The predicted octanol–water partition coefficient (Wildman–Crippen LogP) is 2.21. The van der Waals surface area contributed by atoms with Gasteiger partial charge in [0.2, 0.25) is 0 Å². The summed E-state index contributed by atoms with van der Waals surface area (Å²) < 4.78 is 0. The normalized spacial score (nSPS) is 20.4. The van der Waals surface area contributed by atoms with E-state index in [0.717, 1.165) is 0 Å². The van der Waals surface area contributed by atoms with Crippen LogP contribution in [0.3, 0.4) is 0 Å². The van der Waals surface area contributed by atoms with Crippen LogP contribution >= 0.6 is 0 Å². The topological polar surface area (TPSA) is 14.0 Å². The summed E-state index contributed by atoms with van der Waals surface area (Å²) in [7, 11) is 0. The molecule has 1 nitrogen and oxygen atoms in total. The van der Waals surface area contributed by atoms with Crippen molar-refractivity contribution < 1.29 is 4.99 Å². The number of hydrogen-bond donors (Lipinski definition) is 1. The van der Waals surface area contributed by atoms with Crippen molar-refractivity contribution in [2.24, 2.45) is 0 Å². The van der Waals surface area contributed by atoms with Gasteiger partial charge in [0.15, 0.2) is 11.8 Å². The highest BCUT2D eigenvalue weighted by Crippen LogP contribution is 2.33. The smallest absolute Gasteiger partial charge is 0.169 e. The van der Waals surface area contributed by atoms with E-state index in [9.17, 15) is 0 Å². The molecule has 1 aliphatic carbocycles. The molecule has 18 heavy (non-hydrogen) atoms. The Balaban J connectivity index is 1.92. The molecule has 1 spiro atoms. The minimum atomic E-state index is 0.358. The third-order valence-electron chi connectivity index (χ3n) is 4.69. The third-order valence-corrected chi connectivity index (χ3v) is 4.69. The molecule has 1 fully saturated rings. The molecule has 0 aromatic heterocycles. The lowest BCUT2D eigenvalue weighted by Crippen LogP contribution is -2.86. The monoisotopic (exact) mass is 236 g/mol. The highest BCUT2D eigenvalue weighted by atomic mass is 14.9. The molecule has 1 N–H and O–H groups in total. The summed E-state index contributed by atoms with van der Waals surface area (Å²) in [6.45, 7) is 0. The lowest BCUT2D eigenvalue weighted by atomic mass is 9.83. The number of fused-ring (bicyclic) bond motifs is 3. The first-order valence-corrected chi connectivity index (χ1v) is 6.98. The average molecular weight is 236 g/mol. The number of benzene rings is 2. The summed E-state index contributed by atoms with van der Waals surface area (Å²) in [5.41, 5.74) is 3.29. The molecule has 0 atom stereocenters. The van der Waals surface area contributed by atoms with E-state index in [0.29, 0.717) is 5.54 Å². The van der Waals surface area contributed by atoms with Crippen LogP contribution in [0.15, 0.2) is 36.4 Å². The number of hydrogen-bond acceptors (Lipinski definition) is 0. The quantitative estimate of drug-likeness (QED) is 0.721. The summed E-state index contributed by atoms with van der Waals surface area (Å²) in [5.74, 6) is 0. The maximum absolute atomic E-state index is 3.69. The number of rotatable bonds is 0. The second-order valence-corrected chi connectivity index (χ2v) is 5.81. The molecular formula is C17H18N+. The second kappa shape index (κ2) is 3.68.